The fourth-order valence-corrected chi connectivity index (χ4v) is 1.98. The Morgan fingerprint density at radius 1 is 1.05 bits per heavy atom. The molecule has 0 aromatic rings. The number of carbonyl (C=O) groups excluding carboxylic acids is 1. The van der Waals surface area contributed by atoms with Gasteiger partial charge in [-0.05, 0) is 19.3 Å². The normalized spacial score (nSPS) is 13.4. The summed E-state index contributed by atoms with van der Waals surface area (Å²) in [6, 6.07) is 0. The van der Waals surface area contributed by atoms with Crippen molar-refractivity contribution in [1.29, 1.82) is 0 Å². The van der Waals surface area contributed by atoms with Gasteiger partial charge in [-0.25, -0.2) is 4.79 Å². The van der Waals surface area contributed by atoms with Crippen LogP contribution >= 0.6 is 0 Å². The molecule has 0 aliphatic carbocycles. The molecule has 0 saturated carbocycles. The van der Waals surface area contributed by atoms with Gasteiger partial charge in [0.15, 0.2) is 0 Å². The van der Waals surface area contributed by atoms with Gasteiger partial charge in [-0.15, -0.1) is 0 Å². The Bertz CT molecular complexity index is 215. The van der Waals surface area contributed by atoms with Gasteiger partial charge in [-0.1, -0.05) is 58.4 Å². The number of ether oxygens (including phenoxy) is 2. The SMILES string of the molecule is C1CCOC1.C=CC(=O)OCCCCCCCCCC. The first-order valence-electron chi connectivity index (χ1n) is 8.18. The van der Waals surface area contributed by atoms with Crippen molar-refractivity contribution in [2.24, 2.45) is 0 Å². The molecule has 0 aromatic carbocycles. The van der Waals surface area contributed by atoms with E-state index in [9.17, 15) is 4.79 Å². The molecule has 0 spiro atoms. The van der Waals surface area contributed by atoms with E-state index in [-0.39, 0.29) is 5.97 Å². The van der Waals surface area contributed by atoms with Crippen molar-refractivity contribution >= 4 is 5.97 Å². The van der Waals surface area contributed by atoms with E-state index in [2.05, 4.69) is 13.5 Å². The second-order valence-electron chi connectivity index (χ2n) is 5.17. The Morgan fingerprint density at radius 2 is 1.60 bits per heavy atom. The third-order valence-corrected chi connectivity index (χ3v) is 3.24. The average Bonchev–Trinajstić information content (AvgIpc) is 3.04. The van der Waals surface area contributed by atoms with E-state index in [4.69, 9.17) is 9.47 Å². The van der Waals surface area contributed by atoms with Crippen LogP contribution in [0.1, 0.15) is 71.1 Å². The van der Waals surface area contributed by atoms with Crippen molar-refractivity contribution in [3.8, 4) is 0 Å². The predicted octanol–water partition coefficient (Wildman–Crippen LogP) is 4.65. The molecule has 0 amide bonds. The van der Waals surface area contributed by atoms with Crippen LogP contribution in [0, 0.1) is 0 Å². The monoisotopic (exact) mass is 284 g/mol. The molecule has 1 heterocycles. The van der Waals surface area contributed by atoms with Crippen LogP contribution in [0.3, 0.4) is 0 Å². The smallest absolute Gasteiger partial charge is 0.330 e. The molecule has 1 aliphatic rings. The summed E-state index contributed by atoms with van der Waals surface area (Å²) in [6.45, 7) is 8.11. The predicted molar refractivity (Wildman–Crippen MR) is 83.8 cm³/mol. The molecule has 3 nitrogen and oxygen atoms in total. The average molecular weight is 284 g/mol. The van der Waals surface area contributed by atoms with Crippen molar-refractivity contribution in [3.63, 3.8) is 0 Å². The highest BCUT2D eigenvalue weighted by molar-refractivity contribution is 5.81. The quantitative estimate of drug-likeness (QED) is 0.333. The maximum Gasteiger partial charge on any atom is 0.330 e. The summed E-state index contributed by atoms with van der Waals surface area (Å²) in [5, 5.41) is 0. The lowest BCUT2D eigenvalue weighted by Gasteiger charge is -2.02. The number of carbonyl (C=O) groups is 1. The van der Waals surface area contributed by atoms with E-state index in [0.717, 1.165) is 26.1 Å². The summed E-state index contributed by atoms with van der Waals surface area (Å²) in [4.78, 5) is 10.7. The van der Waals surface area contributed by atoms with Crippen LogP contribution in [0.2, 0.25) is 0 Å². The van der Waals surface area contributed by atoms with Crippen molar-refractivity contribution < 1.29 is 14.3 Å². The van der Waals surface area contributed by atoms with E-state index in [0.29, 0.717) is 6.61 Å². The summed E-state index contributed by atoms with van der Waals surface area (Å²) < 4.78 is 9.82. The molecule has 0 bridgehead atoms. The van der Waals surface area contributed by atoms with Gasteiger partial charge in [-0.2, -0.15) is 0 Å². The van der Waals surface area contributed by atoms with E-state index in [1.807, 2.05) is 0 Å². The molecule has 0 atom stereocenters. The van der Waals surface area contributed by atoms with Gasteiger partial charge in [0.25, 0.3) is 0 Å². The zero-order valence-electron chi connectivity index (χ0n) is 13.2. The van der Waals surface area contributed by atoms with Gasteiger partial charge in [0.2, 0.25) is 0 Å². The Morgan fingerprint density at radius 3 is 2.05 bits per heavy atom. The molecule has 0 radical (unpaired) electrons. The maximum absolute atomic E-state index is 10.7. The lowest BCUT2D eigenvalue weighted by atomic mass is 10.1. The van der Waals surface area contributed by atoms with Gasteiger partial charge in [0, 0.05) is 19.3 Å². The molecule has 1 fully saturated rings. The Hall–Kier alpha value is -0.830. The number of hydrogen-bond donors (Lipinski definition) is 0. The van der Waals surface area contributed by atoms with Gasteiger partial charge < -0.3 is 9.47 Å². The van der Waals surface area contributed by atoms with E-state index in [1.165, 1.54) is 57.4 Å². The molecule has 20 heavy (non-hydrogen) atoms. The summed E-state index contributed by atoms with van der Waals surface area (Å²) in [7, 11) is 0. The Balaban J connectivity index is 0.000000595. The highest BCUT2D eigenvalue weighted by Crippen LogP contribution is 2.08. The van der Waals surface area contributed by atoms with Crippen LogP contribution < -0.4 is 0 Å². The van der Waals surface area contributed by atoms with Gasteiger partial charge in [-0.3, -0.25) is 0 Å². The molecule has 0 aromatic heterocycles. The minimum Gasteiger partial charge on any atom is -0.463 e. The number of unbranched alkanes of at least 4 members (excludes halogenated alkanes) is 7. The number of hydrogen-bond acceptors (Lipinski definition) is 3. The van der Waals surface area contributed by atoms with Crippen LogP contribution in [-0.2, 0) is 14.3 Å². The molecule has 1 saturated heterocycles. The minimum atomic E-state index is -0.307. The molecule has 1 rings (SSSR count). The zero-order valence-corrected chi connectivity index (χ0v) is 13.2. The topological polar surface area (TPSA) is 35.5 Å². The highest BCUT2D eigenvalue weighted by atomic mass is 16.5. The number of rotatable bonds is 10. The molecule has 118 valence electrons. The molecular weight excluding hydrogens is 252 g/mol. The largest absolute Gasteiger partial charge is 0.463 e. The summed E-state index contributed by atoms with van der Waals surface area (Å²) in [5.41, 5.74) is 0. The third kappa shape index (κ3) is 15.2. The van der Waals surface area contributed by atoms with Crippen LogP contribution in [0.15, 0.2) is 12.7 Å². The Kier molecular flexibility index (Phi) is 15.6. The van der Waals surface area contributed by atoms with E-state index >= 15 is 0 Å². The van der Waals surface area contributed by atoms with Crippen molar-refractivity contribution in [2.45, 2.75) is 71.1 Å². The van der Waals surface area contributed by atoms with Gasteiger partial charge in [0.1, 0.15) is 0 Å². The first-order valence-corrected chi connectivity index (χ1v) is 8.18. The van der Waals surface area contributed by atoms with Crippen LogP contribution in [0.25, 0.3) is 0 Å². The van der Waals surface area contributed by atoms with Gasteiger partial charge in [0.05, 0.1) is 6.61 Å². The van der Waals surface area contributed by atoms with Crippen molar-refractivity contribution in [3.05, 3.63) is 12.7 Å². The van der Waals surface area contributed by atoms with Crippen LogP contribution in [-0.4, -0.2) is 25.8 Å². The standard InChI is InChI=1S/C13H24O2.C4H8O/c1-3-5-6-7-8-9-10-11-12-15-13(14)4-2;1-2-4-5-3-1/h4H,2-3,5-12H2,1H3;1-4H2. The summed E-state index contributed by atoms with van der Waals surface area (Å²) in [5.74, 6) is -0.307. The van der Waals surface area contributed by atoms with Crippen molar-refractivity contribution in [1.82, 2.24) is 0 Å². The lowest BCUT2D eigenvalue weighted by molar-refractivity contribution is -0.137. The van der Waals surface area contributed by atoms with Crippen molar-refractivity contribution in [2.75, 3.05) is 19.8 Å². The second-order valence-corrected chi connectivity index (χ2v) is 5.17. The minimum absolute atomic E-state index is 0.307. The second kappa shape index (κ2) is 16.2. The van der Waals surface area contributed by atoms with E-state index < -0.39 is 0 Å². The zero-order chi connectivity index (χ0) is 14.9. The molecule has 3 heteroatoms. The molecule has 1 aliphatic heterocycles. The Labute approximate surface area is 124 Å². The number of esters is 1. The maximum atomic E-state index is 10.7. The lowest BCUT2D eigenvalue weighted by Crippen LogP contribution is -2.01. The first kappa shape index (κ1) is 19.2. The fourth-order valence-electron chi connectivity index (χ4n) is 1.98. The van der Waals surface area contributed by atoms with Gasteiger partial charge >= 0.3 is 5.97 Å². The first-order chi connectivity index (χ1) is 9.81. The summed E-state index contributed by atoms with van der Waals surface area (Å²) in [6.07, 6.45) is 13.9. The molecule has 0 unspecified atom stereocenters. The molecule has 0 N–H and O–H groups in total. The third-order valence-electron chi connectivity index (χ3n) is 3.24. The summed E-state index contributed by atoms with van der Waals surface area (Å²) >= 11 is 0. The van der Waals surface area contributed by atoms with Crippen LogP contribution in [0.5, 0.6) is 0 Å². The fraction of sp³-hybridized carbons (Fsp3) is 0.824. The van der Waals surface area contributed by atoms with Crippen LogP contribution in [0.4, 0.5) is 0 Å². The highest BCUT2D eigenvalue weighted by Gasteiger charge is 1.95. The van der Waals surface area contributed by atoms with E-state index in [1.54, 1.807) is 0 Å². The molecular formula is C17H32O3.